The SMILES string of the molecule is c1ccc(OCCSCc2nnc(-c3ccc(N4CCC(N5CCC6(CC5)OCCO6)C4)cc3)o2)cc1. The molecule has 3 aromatic rings. The molecule has 37 heavy (non-hydrogen) atoms. The van der Waals surface area contributed by atoms with Gasteiger partial charge in [-0.1, -0.05) is 18.2 Å². The number of aromatic nitrogens is 2. The Morgan fingerprint density at radius 2 is 1.73 bits per heavy atom. The Labute approximate surface area is 222 Å². The molecule has 0 radical (unpaired) electrons. The molecule has 9 heteroatoms. The zero-order valence-corrected chi connectivity index (χ0v) is 21.9. The summed E-state index contributed by atoms with van der Waals surface area (Å²) in [5, 5.41) is 8.49. The van der Waals surface area contributed by atoms with Crippen LogP contribution in [0.25, 0.3) is 11.5 Å². The summed E-state index contributed by atoms with van der Waals surface area (Å²) in [5.74, 6) is 3.34. The fraction of sp³-hybridized carbons (Fsp3) is 0.500. The number of thioether (sulfide) groups is 1. The van der Waals surface area contributed by atoms with Crippen LogP contribution in [0.3, 0.4) is 0 Å². The van der Waals surface area contributed by atoms with Gasteiger partial charge in [-0.05, 0) is 42.8 Å². The van der Waals surface area contributed by atoms with Crippen molar-refractivity contribution < 1.29 is 18.6 Å². The first-order valence-electron chi connectivity index (χ1n) is 13.2. The van der Waals surface area contributed by atoms with Gasteiger partial charge in [0.15, 0.2) is 5.79 Å². The summed E-state index contributed by atoms with van der Waals surface area (Å²) in [5.41, 5.74) is 2.20. The average Bonchev–Trinajstić information content (AvgIpc) is 3.72. The van der Waals surface area contributed by atoms with Crippen LogP contribution in [0, 0.1) is 0 Å². The van der Waals surface area contributed by atoms with Crippen molar-refractivity contribution in [2.75, 3.05) is 56.7 Å². The summed E-state index contributed by atoms with van der Waals surface area (Å²) in [6.45, 7) is 6.36. The molecule has 1 spiro atoms. The number of benzene rings is 2. The van der Waals surface area contributed by atoms with E-state index in [1.807, 2.05) is 30.3 Å². The number of rotatable bonds is 9. The molecule has 0 amide bonds. The third-order valence-corrected chi connectivity index (χ3v) is 8.37. The third-order valence-electron chi connectivity index (χ3n) is 7.46. The van der Waals surface area contributed by atoms with Crippen LogP contribution in [0.1, 0.15) is 25.2 Å². The maximum absolute atomic E-state index is 5.91. The first-order chi connectivity index (χ1) is 18.3. The van der Waals surface area contributed by atoms with E-state index in [1.165, 1.54) is 12.1 Å². The predicted molar refractivity (Wildman–Crippen MR) is 144 cm³/mol. The minimum Gasteiger partial charge on any atom is -0.493 e. The lowest BCUT2D eigenvalue weighted by Crippen LogP contribution is -2.49. The molecule has 0 saturated carbocycles. The van der Waals surface area contributed by atoms with E-state index in [0.29, 0.717) is 30.2 Å². The van der Waals surface area contributed by atoms with Crippen LogP contribution >= 0.6 is 11.8 Å². The molecule has 3 fully saturated rings. The predicted octanol–water partition coefficient (Wildman–Crippen LogP) is 4.47. The van der Waals surface area contributed by atoms with E-state index in [0.717, 1.165) is 69.3 Å². The van der Waals surface area contributed by atoms with Gasteiger partial charge in [0.1, 0.15) is 5.75 Å². The molecule has 3 aliphatic heterocycles. The lowest BCUT2D eigenvalue weighted by molar-refractivity contribution is -0.187. The van der Waals surface area contributed by atoms with Gasteiger partial charge in [0.25, 0.3) is 0 Å². The summed E-state index contributed by atoms with van der Waals surface area (Å²) < 4.78 is 23.4. The molecule has 2 aromatic carbocycles. The zero-order chi connectivity index (χ0) is 24.9. The fourth-order valence-electron chi connectivity index (χ4n) is 5.43. The molecule has 0 aliphatic carbocycles. The van der Waals surface area contributed by atoms with Gasteiger partial charge in [0, 0.05) is 62.1 Å². The van der Waals surface area contributed by atoms with Crippen molar-refractivity contribution in [3.63, 3.8) is 0 Å². The number of piperidine rings is 1. The first-order valence-corrected chi connectivity index (χ1v) is 14.4. The van der Waals surface area contributed by atoms with Crippen molar-refractivity contribution in [3.05, 3.63) is 60.5 Å². The summed E-state index contributed by atoms with van der Waals surface area (Å²) >= 11 is 1.72. The molecule has 0 N–H and O–H groups in total. The standard InChI is InChI=1S/C28H34N4O4S/c1-2-4-25(5-3-1)33-18-19-37-21-26-29-30-27(36-26)22-6-8-23(9-7-22)32-13-10-24(20-32)31-14-11-28(12-15-31)34-16-17-35-28/h1-9,24H,10-21H2. The number of nitrogens with zero attached hydrogens (tertiary/aromatic N) is 4. The van der Waals surface area contributed by atoms with Crippen molar-refractivity contribution in [2.24, 2.45) is 0 Å². The largest absolute Gasteiger partial charge is 0.493 e. The van der Waals surface area contributed by atoms with E-state index < -0.39 is 0 Å². The molecule has 1 aromatic heterocycles. The summed E-state index contributed by atoms with van der Waals surface area (Å²) in [4.78, 5) is 5.10. The van der Waals surface area contributed by atoms with Gasteiger partial charge in [-0.2, -0.15) is 0 Å². The minimum absolute atomic E-state index is 0.297. The molecule has 1 atom stereocenters. The topological polar surface area (TPSA) is 73.1 Å². The van der Waals surface area contributed by atoms with Gasteiger partial charge in [-0.3, -0.25) is 4.90 Å². The van der Waals surface area contributed by atoms with Gasteiger partial charge in [0.2, 0.25) is 11.8 Å². The maximum atomic E-state index is 5.91. The van der Waals surface area contributed by atoms with E-state index >= 15 is 0 Å². The number of anilines is 1. The molecule has 6 rings (SSSR count). The van der Waals surface area contributed by atoms with Crippen molar-refractivity contribution in [3.8, 4) is 17.2 Å². The molecular formula is C28H34N4O4S. The highest BCUT2D eigenvalue weighted by molar-refractivity contribution is 7.98. The summed E-state index contributed by atoms with van der Waals surface area (Å²) in [7, 11) is 0. The van der Waals surface area contributed by atoms with E-state index in [1.54, 1.807) is 11.8 Å². The Morgan fingerprint density at radius 1 is 0.946 bits per heavy atom. The average molecular weight is 523 g/mol. The molecule has 4 heterocycles. The quantitative estimate of drug-likeness (QED) is 0.379. The Balaban J connectivity index is 0.956. The summed E-state index contributed by atoms with van der Waals surface area (Å²) in [6.07, 6.45) is 3.15. The Hall–Kier alpha value is -2.59. The number of likely N-dealkylation sites (tertiary alicyclic amines) is 1. The monoisotopic (exact) mass is 522 g/mol. The molecule has 8 nitrogen and oxygen atoms in total. The van der Waals surface area contributed by atoms with Crippen LogP contribution in [0.4, 0.5) is 5.69 Å². The maximum Gasteiger partial charge on any atom is 0.247 e. The van der Waals surface area contributed by atoms with Crippen molar-refractivity contribution >= 4 is 17.4 Å². The Morgan fingerprint density at radius 3 is 2.51 bits per heavy atom. The van der Waals surface area contributed by atoms with Crippen LogP contribution in [-0.4, -0.2) is 78.7 Å². The lowest BCUT2D eigenvalue weighted by atomic mass is 10.0. The molecule has 0 bridgehead atoms. The van der Waals surface area contributed by atoms with Gasteiger partial charge in [-0.15, -0.1) is 22.0 Å². The highest BCUT2D eigenvalue weighted by atomic mass is 32.2. The number of hydrogen-bond acceptors (Lipinski definition) is 9. The number of hydrogen-bond donors (Lipinski definition) is 0. The van der Waals surface area contributed by atoms with Gasteiger partial charge >= 0.3 is 0 Å². The van der Waals surface area contributed by atoms with E-state index in [4.69, 9.17) is 18.6 Å². The normalized spacial score (nSPS) is 21.6. The molecular weight excluding hydrogens is 488 g/mol. The Kier molecular flexibility index (Phi) is 7.64. The molecule has 3 saturated heterocycles. The fourth-order valence-corrected chi connectivity index (χ4v) is 6.06. The third kappa shape index (κ3) is 5.95. The molecule has 196 valence electrons. The first kappa shape index (κ1) is 24.7. The molecule has 3 aliphatic rings. The molecule has 1 unspecified atom stereocenters. The summed E-state index contributed by atoms with van der Waals surface area (Å²) in [6, 6.07) is 19.0. The van der Waals surface area contributed by atoms with Gasteiger partial charge in [-0.25, -0.2) is 0 Å². The van der Waals surface area contributed by atoms with Crippen molar-refractivity contribution in [1.29, 1.82) is 0 Å². The van der Waals surface area contributed by atoms with E-state index in [-0.39, 0.29) is 5.79 Å². The minimum atomic E-state index is -0.297. The van der Waals surface area contributed by atoms with E-state index in [2.05, 4.69) is 44.3 Å². The van der Waals surface area contributed by atoms with Gasteiger partial charge < -0.3 is 23.5 Å². The van der Waals surface area contributed by atoms with Crippen LogP contribution in [0.5, 0.6) is 5.75 Å². The Bertz CT molecular complexity index is 1130. The van der Waals surface area contributed by atoms with Crippen LogP contribution < -0.4 is 9.64 Å². The number of para-hydroxylation sites is 1. The smallest absolute Gasteiger partial charge is 0.247 e. The van der Waals surface area contributed by atoms with Crippen LogP contribution in [-0.2, 0) is 15.2 Å². The second kappa shape index (κ2) is 11.4. The van der Waals surface area contributed by atoms with Crippen molar-refractivity contribution in [1.82, 2.24) is 15.1 Å². The highest BCUT2D eigenvalue weighted by Gasteiger charge is 2.42. The zero-order valence-electron chi connectivity index (χ0n) is 21.1. The second-order valence-electron chi connectivity index (χ2n) is 9.79. The van der Waals surface area contributed by atoms with Crippen LogP contribution in [0.15, 0.2) is 59.0 Å². The number of ether oxygens (including phenoxy) is 3. The van der Waals surface area contributed by atoms with E-state index in [9.17, 15) is 0 Å². The van der Waals surface area contributed by atoms with Gasteiger partial charge in [0.05, 0.1) is 25.6 Å². The van der Waals surface area contributed by atoms with Crippen molar-refractivity contribution in [2.45, 2.75) is 36.8 Å². The second-order valence-corrected chi connectivity index (χ2v) is 10.9. The highest BCUT2D eigenvalue weighted by Crippen LogP contribution is 2.34. The lowest BCUT2D eigenvalue weighted by Gasteiger charge is -2.40. The van der Waals surface area contributed by atoms with Crippen LogP contribution in [0.2, 0.25) is 0 Å².